The second-order valence-corrected chi connectivity index (χ2v) is 3.46. The van der Waals surface area contributed by atoms with Crippen LogP contribution in [0.4, 0.5) is 11.4 Å². The molecule has 0 radical (unpaired) electrons. The van der Waals surface area contributed by atoms with Gasteiger partial charge in [0.2, 0.25) is 5.91 Å². The van der Waals surface area contributed by atoms with Crippen LogP contribution in [-0.2, 0) is 9.53 Å². The highest BCUT2D eigenvalue weighted by atomic mass is 16.5. The minimum absolute atomic E-state index is 0.00588. The van der Waals surface area contributed by atoms with Gasteiger partial charge in [-0.05, 0) is 19.1 Å². The zero-order valence-corrected chi connectivity index (χ0v) is 9.77. The fourth-order valence-electron chi connectivity index (χ4n) is 1.40. The third-order valence-electron chi connectivity index (χ3n) is 2.34. The second-order valence-electron chi connectivity index (χ2n) is 3.46. The van der Waals surface area contributed by atoms with E-state index in [1.165, 1.54) is 0 Å². The summed E-state index contributed by atoms with van der Waals surface area (Å²) in [6.07, 6.45) is 0.374. The SMILES string of the molecule is CCOCCC(=O)N(C)c1ccccc1N. The van der Waals surface area contributed by atoms with Crippen LogP contribution in [0.1, 0.15) is 13.3 Å². The van der Waals surface area contributed by atoms with Crippen molar-refractivity contribution < 1.29 is 9.53 Å². The molecule has 0 aliphatic carbocycles. The number of nitrogen functional groups attached to an aromatic ring is 1. The molecule has 0 aromatic heterocycles. The van der Waals surface area contributed by atoms with Crippen molar-refractivity contribution in [3.8, 4) is 0 Å². The van der Waals surface area contributed by atoms with Crippen molar-refractivity contribution in [1.29, 1.82) is 0 Å². The molecule has 0 fully saturated rings. The Morgan fingerprint density at radius 3 is 2.75 bits per heavy atom. The van der Waals surface area contributed by atoms with Crippen LogP contribution < -0.4 is 10.6 Å². The summed E-state index contributed by atoms with van der Waals surface area (Å²) in [5.41, 5.74) is 7.14. The number of amides is 1. The molecule has 0 aliphatic rings. The van der Waals surface area contributed by atoms with E-state index in [1.807, 2.05) is 25.1 Å². The third kappa shape index (κ3) is 3.24. The van der Waals surface area contributed by atoms with Gasteiger partial charge in [0.05, 0.1) is 24.4 Å². The largest absolute Gasteiger partial charge is 0.397 e. The Labute approximate surface area is 96.0 Å². The van der Waals surface area contributed by atoms with Gasteiger partial charge in [0.15, 0.2) is 0 Å². The molecule has 16 heavy (non-hydrogen) atoms. The van der Waals surface area contributed by atoms with E-state index in [4.69, 9.17) is 10.5 Å². The molecule has 0 aliphatic heterocycles. The number of nitrogens with zero attached hydrogens (tertiary/aromatic N) is 1. The molecule has 88 valence electrons. The van der Waals surface area contributed by atoms with Crippen LogP contribution in [0.15, 0.2) is 24.3 Å². The highest BCUT2D eigenvalue weighted by Gasteiger charge is 2.12. The maximum Gasteiger partial charge on any atom is 0.229 e. The third-order valence-corrected chi connectivity index (χ3v) is 2.34. The number of hydrogen-bond acceptors (Lipinski definition) is 3. The summed E-state index contributed by atoms with van der Waals surface area (Å²) < 4.78 is 5.14. The number of carbonyl (C=O) groups excluding carboxylic acids is 1. The van der Waals surface area contributed by atoms with Crippen molar-refractivity contribution in [2.24, 2.45) is 0 Å². The first-order valence-corrected chi connectivity index (χ1v) is 5.35. The Morgan fingerprint density at radius 2 is 2.12 bits per heavy atom. The summed E-state index contributed by atoms with van der Waals surface area (Å²) in [5, 5.41) is 0. The first-order chi connectivity index (χ1) is 7.66. The molecule has 2 N–H and O–H groups in total. The van der Waals surface area contributed by atoms with E-state index in [-0.39, 0.29) is 5.91 Å². The zero-order chi connectivity index (χ0) is 12.0. The molecule has 0 spiro atoms. The van der Waals surface area contributed by atoms with Gasteiger partial charge in [0.25, 0.3) is 0 Å². The van der Waals surface area contributed by atoms with E-state index < -0.39 is 0 Å². The van der Waals surface area contributed by atoms with Crippen LogP contribution in [0.5, 0.6) is 0 Å². The number of anilines is 2. The molecule has 0 saturated carbocycles. The predicted molar refractivity (Wildman–Crippen MR) is 65.4 cm³/mol. The molecule has 0 heterocycles. The van der Waals surface area contributed by atoms with Crippen molar-refractivity contribution in [1.82, 2.24) is 0 Å². The lowest BCUT2D eigenvalue weighted by molar-refractivity contribution is -0.119. The lowest BCUT2D eigenvalue weighted by Crippen LogP contribution is -2.27. The van der Waals surface area contributed by atoms with Crippen LogP contribution in [0.25, 0.3) is 0 Å². The Morgan fingerprint density at radius 1 is 1.44 bits per heavy atom. The van der Waals surface area contributed by atoms with Gasteiger partial charge in [-0.25, -0.2) is 0 Å². The molecule has 1 aromatic carbocycles. The number of nitrogens with two attached hydrogens (primary N) is 1. The maximum absolute atomic E-state index is 11.8. The molecule has 0 unspecified atom stereocenters. The van der Waals surface area contributed by atoms with Gasteiger partial charge in [-0.3, -0.25) is 4.79 Å². The fraction of sp³-hybridized carbons (Fsp3) is 0.417. The van der Waals surface area contributed by atoms with Gasteiger partial charge >= 0.3 is 0 Å². The molecule has 1 aromatic rings. The first kappa shape index (κ1) is 12.5. The van der Waals surface area contributed by atoms with E-state index in [0.717, 1.165) is 5.69 Å². The average Bonchev–Trinajstić information content (AvgIpc) is 2.29. The van der Waals surface area contributed by atoms with Crippen molar-refractivity contribution in [3.63, 3.8) is 0 Å². The molecule has 0 saturated heterocycles. The molecular formula is C12H18N2O2. The van der Waals surface area contributed by atoms with E-state index in [2.05, 4.69) is 0 Å². The Balaban J connectivity index is 2.60. The molecule has 0 atom stereocenters. The smallest absolute Gasteiger partial charge is 0.229 e. The molecule has 4 heteroatoms. The minimum atomic E-state index is 0.00588. The molecule has 4 nitrogen and oxygen atoms in total. The van der Waals surface area contributed by atoms with Gasteiger partial charge < -0.3 is 15.4 Å². The number of para-hydroxylation sites is 2. The Kier molecular flexibility index (Phi) is 4.79. The summed E-state index contributed by atoms with van der Waals surface area (Å²) in [6, 6.07) is 7.31. The van der Waals surface area contributed by atoms with E-state index in [0.29, 0.717) is 25.3 Å². The van der Waals surface area contributed by atoms with Crippen molar-refractivity contribution in [3.05, 3.63) is 24.3 Å². The van der Waals surface area contributed by atoms with Crippen molar-refractivity contribution in [2.45, 2.75) is 13.3 Å². The van der Waals surface area contributed by atoms with Crippen LogP contribution in [-0.4, -0.2) is 26.2 Å². The minimum Gasteiger partial charge on any atom is -0.397 e. The number of benzene rings is 1. The average molecular weight is 222 g/mol. The normalized spacial score (nSPS) is 10.1. The second kappa shape index (κ2) is 6.12. The molecule has 1 rings (SSSR count). The lowest BCUT2D eigenvalue weighted by atomic mass is 10.2. The van der Waals surface area contributed by atoms with Gasteiger partial charge in [-0.1, -0.05) is 12.1 Å². The zero-order valence-electron chi connectivity index (χ0n) is 9.77. The van der Waals surface area contributed by atoms with Crippen molar-refractivity contribution in [2.75, 3.05) is 30.9 Å². The first-order valence-electron chi connectivity index (χ1n) is 5.35. The van der Waals surface area contributed by atoms with Gasteiger partial charge in [-0.15, -0.1) is 0 Å². The van der Waals surface area contributed by atoms with E-state index in [9.17, 15) is 4.79 Å². The monoisotopic (exact) mass is 222 g/mol. The van der Waals surface area contributed by atoms with Gasteiger partial charge in [-0.2, -0.15) is 0 Å². The summed E-state index contributed by atoms with van der Waals surface area (Å²) >= 11 is 0. The number of hydrogen-bond donors (Lipinski definition) is 1. The number of carbonyl (C=O) groups is 1. The topological polar surface area (TPSA) is 55.6 Å². The van der Waals surface area contributed by atoms with Crippen LogP contribution in [0.2, 0.25) is 0 Å². The molecular weight excluding hydrogens is 204 g/mol. The predicted octanol–water partition coefficient (Wildman–Crippen LogP) is 1.66. The fourth-order valence-corrected chi connectivity index (χ4v) is 1.40. The van der Waals surface area contributed by atoms with E-state index >= 15 is 0 Å². The van der Waals surface area contributed by atoms with Crippen LogP contribution >= 0.6 is 0 Å². The summed E-state index contributed by atoms with van der Waals surface area (Å²) in [6.45, 7) is 2.99. The maximum atomic E-state index is 11.8. The highest BCUT2D eigenvalue weighted by molar-refractivity contribution is 5.95. The summed E-state index contributed by atoms with van der Waals surface area (Å²) in [7, 11) is 1.72. The van der Waals surface area contributed by atoms with Gasteiger partial charge in [0.1, 0.15) is 0 Å². The summed E-state index contributed by atoms with van der Waals surface area (Å²) in [5.74, 6) is 0.00588. The Hall–Kier alpha value is -1.55. The highest BCUT2D eigenvalue weighted by Crippen LogP contribution is 2.21. The quantitative estimate of drug-likeness (QED) is 0.609. The molecule has 0 bridgehead atoms. The lowest BCUT2D eigenvalue weighted by Gasteiger charge is -2.18. The number of ether oxygens (including phenoxy) is 1. The number of rotatable bonds is 5. The van der Waals surface area contributed by atoms with E-state index in [1.54, 1.807) is 18.0 Å². The summed E-state index contributed by atoms with van der Waals surface area (Å²) in [4.78, 5) is 13.3. The standard InChI is InChI=1S/C12H18N2O2/c1-3-16-9-8-12(15)14(2)11-7-5-4-6-10(11)13/h4-7H,3,8-9,13H2,1-2H3. The van der Waals surface area contributed by atoms with Crippen molar-refractivity contribution >= 4 is 17.3 Å². The Bertz CT molecular complexity index is 353. The van der Waals surface area contributed by atoms with Crippen LogP contribution in [0, 0.1) is 0 Å². The molecule has 1 amide bonds. The van der Waals surface area contributed by atoms with Gasteiger partial charge in [0, 0.05) is 13.7 Å². The van der Waals surface area contributed by atoms with Crippen LogP contribution in [0.3, 0.4) is 0 Å².